The molecule has 1 N–H and O–H groups in total. The molecular weight excluding hydrogens is 264 g/mol. The van der Waals surface area contributed by atoms with Gasteiger partial charge in [-0.15, -0.1) is 0 Å². The third kappa shape index (κ3) is 1.61. The van der Waals surface area contributed by atoms with Gasteiger partial charge in [-0.3, -0.25) is 0 Å². The fourth-order valence-corrected chi connectivity index (χ4v) is 2.70. The Kier molecular flexibility index (Phi) is 2.67. The average Bonchev–Trinajstić information content (AvgIpc) is 2.18. The predicted molar refractivity (Wildman–Crippen MR) is 60.7 cm³/mol. The van der Waals surface area contributed by atoms with Gasteiger partial charge in [0.25, 0.3) is 0 Å². The lowest BCUT2D eigenvalue weighted by Crippen LogP contribution is -1.90. The highest BCUT2D eigenvalue weighted by Crippen LogP contribution is 2.29. The van der Waals surface area contributed by atoms with Crippen molar-refractivity contribution in [1.82, 2.24) is 0 Å². The molecule has 0 spiro atoms. The molecule has 1 atom stereocenters. The molecule has 0 radical (unpaired) electrons. The Morgan fingerprint density at radius 2 is 1.86 bits per heavy atom. The lowest BCUT2D eigenvalue weighted by Gasteiger charge is -2.03. The standard InChI is InChI=1S/C10H7BrO2S/c11-10-8-4-2-1-3-7(8)5-6-9(10)14(12)13/h1-6H,(H,12,13). The number of hydrogen-bond donors (Lipinski definition) is 1. The van der Waals surface area contributed by atoms with E-state index in [2.05, 4.69) is 15.9 Å². The van der Waals surface area contributed by atoms with Crippen molar-refractivity contribution in [3.05, 3.63) is 40.9 Å². The lowest BCUT2D eigenvalue weighted by molar-refractivity contribution is 0.564. The van der Waals surface area contributed by atoms with Crippen LogP contribution in [0, 0.1) is 0 Å². The van der Waals surface area contributed by atoms with Gasteiger partial charge in [-0.05, 0) is 32.8 Å². The van der Waals surface area contributed by atoms with Gasteiger partial charge in [-0.25, -0.2) is 4.21 Å². The van der Waals surface area contributed by atoms with Gasteiger partial charge in [0, 0.05) is 4.47 Å². The number of fused-ring (bicyclic) bond motifs is 1. The van der Waals surface area contributed by atoms with Crippen LogP contribution in [0.15, 0.2) is 45.8 Å². The molecule has 2 aromatic carbocycles. The average molecular weight is 271 g/mol. The van der Waals surface area contributed by atoms with Crippen molar-refractivity contribution >= 4 is 37.8 Å². The molecule has 0 aliphatic carbocycles. The van der Waals surface area contributed by atoms with Crippen LogP contribution in [0.4, 0.5) is 0 Å². The predicted octanol–water partition coefficient (Wildman–Crippen LogP) is 3.18. The molecule has 0 saturated carbocycles. The molecule has 1 unspecified atom stereocenters. The van der Waals surface area contributed by atoms with Gasteiger partial charge in [-0.1, -0.05) is 30.3 Å². The maximum atomic E-state index is 10.9. The first-order valence-electron chi connectivity index (χ1n) is 3.98. The molecule has 0 aromatic heterocycles. The molecule has 0 fully saturated rings. The maximum absolute atomic E-state index is 10.9. The van der Waals surface area contributed by atoms with Crippen molar-refractivity contribution in [2.75, 3.05) is 0 Å². The zero-order valence-electron chi connectivity index (χ0n) is 7.11. The molecule has 0 heterocycles. The van der Waals surface area contributed by atoms with Crippen molar-refractivity contribution in [3.63, 3.8) is 0 Å². The maximum Gasteiger partial charge on any atom is 0.187 e. The molecule has 0 saturated heterocycles. The Morgan fingerprint density at radius 1 is 1.14 bits per heavy atom. The SMILES string of the molecule is O=S(O)c1ccc2ccccc2c1Br. The molecule has 72 valence electrons. The molecule has 4 heteroatoms. The minimum Gasteiger partial charge on any atom is -0.302 e. The van der Waals surface area contributed by atoms with Crippen LogP contribution in [0.2, 0.25) is 0 Å². The van der Waals surface area contributed by atoms with Crippen molar-refractivity contribution < 1.29 is 8.76 Å². The van der Waals surface area contributed by atoms with Crippen molar-refractivity contribution in [1.29, 1.82) is 0 Å². The molecular formula is C10H7BrO2S. The third-order valence-corrected chi connectivity index (χ3v) is 3.85. The van der Waals surface area contributed by atoms with E-state index in [9.17, 15) is 4.21 Å². The highest BCUT2D eigenvalue weighted by molar-refractivity contribution is 9.10. The number of halogens is 1. The second-order valence-electron chi connectivity index (χ2n) is 2.85. The molecule has 0 amide bonds. The molecule has 0 aliphatic heterocycles. The Morgan fingerprint density at radius 3 is 2.57 bits per heavy atom. The van der Waals surface area contributed by atoms with Crippen LogP contribution in [-0.4, -0.2) is 8.76 Å². The molecule has 2 rings (SSSR count). The largest absolute Gasteiger partial charge is 0.302 e. The van der Waals surface area contributed by atoms with E-state index in [1.165, 1.54) is 0 Å². The van der Waals surface area contributed by atoms with Gasteiger partial charge >= 0.3 is 0 Å². The van der Waals surface area contributed by atoms with E-state index in [0.717, 1.165) is 10.8 Å². The van der Waals surface area contributed by atoms with Crippen LogP contribution in [0.3, 0.4) is 0 Å². The minimum atomic E-state index is -1.94. The van der Waals surface area contributed by atoms with Gasteiger partial charge < -0.3 is 4.55 Å². The lowest BCUT2D eigenvalue weighted by atomic mass is 10.1. The van der Waals surface area contributed by atoms with Gasteiger partial charge in [-0.2, -0.15) is 0 Å². The van der Waals surface area contributed by atoms with Crippen LogP contribution in [0.5, 0.6) is 0 Å². The topological polar surface area (TPSA) is 37.3 Å². The first-order chi connectivity index (χ1) is 6.70. The van der Waals surface area contributed by atoms with Crippen LogP contribution in [0.25, 0.3) is 10.8 Å². The van der Waals surface area contributed by atoms with Crippen LogP contribution in [-0.2, 0) is 11.1 Å². The van der Waals surface area contributed by atoms with Gasteiger partial charge in [0.1, 0.15) is 0 Å². The zero-order chi connectivity index (χ0) is 10.1. The van der Waals surface area contributed by atoms with Crippen LogP contribution < -0.4 is 0 Å². The van der Waals surface area contributed by atoms with Gasteiger partial charge in [0.05, 0.1) is 4.90 Å². The molecule has 0 bridgehead atoms. The quantitative estimate of drug-likeness (QED) is 0.809. The summed E-state index contributed by atoms with van der Waals surface area (Å²) >= 11 is 1.39. The van der Waals surface area contributed by atoms with E-state index in [4.69, 9.17) is 4.55 Å². The highest BCUT2D eigenvalue weighted by atomic mass is 79.9. The Bertz CT molecular complexity index is 510. The summed E-state index contributed by atoms with van der Waals surface area (Å²) in [6.07, 6.45) is 0. The Labute approximate surface area is 92.4 Å². The van der Waals surface area contributed by atoms with Crippen molar-refractivity contribution in [2.24, 2.45) is 0 Å². The molecule has 2 aromatic rings. The van der Waals surface area contributed by atoms with Crippen LogP contribution >= 0.6 is 15.9 Å². The first-order valence-corrected chi connectivity index (χ1v) is 5.88. The summed E-state index contributed by atoms with van der Waals surface area (Å²) < 4.78 is 20.6. The number of benzene rings is 2. The van der Waals surface area contributed by atoms with Crippen LogP contribution in [0.1, 0.15) is 0 Å². The van der Waals surface area contributed by atoms with E-state index in [1.807, 2.05) is 30.3 Å². The summed E-state index contributed by atoms with van der Waals surface area (Å²) in [6, 6.07) is 11.2. The van der Waals surface area contributed by atoms with E-state index >= 15 is 0 Å². The van der Waals surface area contributed by atoms with Gasteiger partial charge in [0.15, 0.2) is 11.1 Å². The summed E-state index contributed by atoms with van der Waals surface area (Å²) in [6.45, 7) is 0. The van der Waals surface area contributed by atoms with E-state index in [1.54, 1.807) is 6.07 Å². The first kappa shape index (κ1) is 9.83. The van der Waals surface area contributed by atoms with Gasteiger partial charge in [0.2, 0.25) is 0 Å². The summed E-state index contributed by atoms with van der Waals surface area (Å²) in [7, 11) is 0. The highest BCUT2D eigenvalue weighted by Gasteiger charge is 2.08. The summed E-state index contributed by atoms with van der Waals surface area (Å²) in [5.74, 6) is 0. The Balaban J connectivity index is 2.81. The second kappa shape index (κ2) is 3.81. The second-order valence-corrected chi connectivity index (χ2v) is 4.58. The smallest absolute Gasteiger partial charge is 0.187 e. The van der Waals surface area contributed by atoms with Crippen molar-refractivity contribution in [3.8, 4) is 0 Å². The zero-order valence-corrected chi connectivity index (χ0v) is 9.51. The van der Waals surface area contributed by atoms with E-state index in [-0.39, 0.29) is 0 Å². The number of hydrogen-bond acceptors (Lipinski definition) is 1. The van der Waals surface area contributed by atoms with E-state index < -0.39 is 11.1 Å². The molecule has 0 aliphatic rings. The Hall–Kier alpha value is -0.710. The fourth-order valence-electron chi connectivity index (χ4n) is 1.35. The summed E-state index contributed by atoms with van der Waals surface area (Å²) in [5.41, 5.74) is 0. The summed E-state index contributed by atoms with van der Waals surface area (Å²) in [4.78, 5) is 0.406. The fraction of sp³-hybridized carbons (Fsp3) is 0. The monoisotopic (exact) mass is 270 g/mol. The normalized spacial score (nSPS) is 13.0. The number of rotatable bonds is 1. The third-order valence-electron chi connectivity index (χ3n) is 2.02. The van der Waals surface area contributed by atoms with Crippen molar-refractivity contribution in [2.45, 2.75) is 4.90 Å². The summed E-state index contributed by atoms with van der Waals surface area (Å²) in [5, 5.41) is 2.00. The van der Waals surface area contributed by atoms with E-state index in [0.29, 0.717) is 9.37 Å². The molecule has 14 heavy (non-hydrogen) atoms. The minimum absolute atomic E-state index is 0.406. The molecule has 2 nitrogen and oxygen atoms in total.